The summed E-state index contributed by atoms with van der Waals surface area (Å²) in [5.74, 6) is -0.615. The molecule has 0 aliphatic heterocycles. The minimum atomic E-state index is -0.346. The first-order valence-electron chi connectivity index (χ1n) is 7.35. The fourth-order valence-corrected chi connectivity index (χ4v) is 3.07. The van der Waals surface area contributed by atoms with E-state index in [-0.39, 0.29) is 36.4 Å². The number of nitrogens with zero attached hydrogens (tertiary/aromatic N) is 1. The maximum absolute atomic E-state index is 11.9. The summed E-state index contributed by atoms with van der Waals surface area (Å²) in [6, 6.07) is 0.293. The van der Waals surface area contributed by atoms with Gasteiger partial charge in [-0.05, 0) is 12.8 Å². The molecule has 120 valence electrons. The molecule has 0 saturated heterocycles. The van der Waals surface area contributed by atoms with E-state index in [1.165, 1.54) is 31.1 Å². The van der Waals surface area contributed by atoms with Crippen LogP contribution in [-0.4, -0.2) is 35.3 Å². The van der Waals surface area contributed by atoms with Gasteiger partial charge in [0.1, 0.15) is 5.69 Å². The molecular weight excluding hydrogens is 304 g/mol. The van der Waals surface area contributed by atoms with Gasteiger partial charge in [0.05, 0.1) is 0 Å². The van der Waals surface area contributed by atoms with Gasteiger partial charge in [-0.3, -0.25) is 14.4 Å². The van der Waals surface area contributed by atoms with Gasteiger partial charge in [-0.2, -0.15) is 0 Å². The number of carbonyl (C=O) groups excluding carboxylic acids is 3. The Bertz CT molecular complexity index is 552. The molecule has 22 heavy (non-hydrogen) atoms. The number of thiazole rings is 1. The van der Waals surface area contributed by atoms with E-state index in [0.29, 0.717) is 11.2 Å². The van der Waals surface area contributed by atoms with Gasteiger partial charge in [0.15, 0.2) is 5.13 Å². The standard InChI is InChI=1S/C14H20N4O3S/c1-9(19)16-14-18-11(8-22-14)13(21)15-7-6-12(20)17-10-4-2-3-5-10/h8,10H,2-7H2,1H3,(H,15,21)(H,17,20)(H,16,18,19). The molecule has 7 nitrogen and oxygen atoms in total. The van der Waals surface area contributed by atoms with Crippen LogP contribution in [0.3, 0.4) is 0 Å². The minimum absolute atomic E-state index is 0.0376. The van der Waals surface area contributed by atoms with Gasteiger partial charge in [-0.1, -0.05) is 12.8 Å². The van der Waals surface area contributed by atoms with Gasteiger partial charge < -0.3 is 16.0 Å². The molecule has 1 aromatic heterocycles. The van der Waals surface area contributed by atoms with Crippen LogP contribution in [-0.2, 0) is 9.59 Å². The molecule has 1 saturated carbocycles. The zero-order valence-corrected chi connectivity index (χ0v) is 13.3. The predicted octanol–water partition coefficient (Wildman–Crippen LogP) is 1.28. The van der Waals surface area contributed by atoms with Gasteiger partial charge in [0, 0.05) is 31.3 Å². The summed E-state index contributed by atoms with van der Waals surface area (Å²) in [5, 5.41) is 10.1. The summed E-state index contributed by atoms with van der Waals surface area (Å²) in [7, 11) is 0. The minimum Gasteiger partial charge on any atom is -0.353 e. The molecule has 0 unspecified atom stereocenters. The van der Waals surface area contributed by atoms with Crippen LogP contribution in [0.4, 0.5) is 5.13 Å². The van der Waals surface area contributed by atoms with Crippen molar-refractivity contribution < 1.29 is 14.4 Å². The Kier molecular flexibility index (Phi) is 5.88. The quantitative estimate of drug-likeness (QED) is 0.734. The van der Waals surface area contributed by atoms with Crippen molar-refractivity contribution in [2.45, 2.75) is 45.1 Å². The number of nitrogens with one attached hydrogen (secondary N) is 3. The Morgan fingerprint density at radius 1 is 1.32 bits per heavy atom. The molecule has 0 radical (unpaired) electrons. The molecule has 0 bridgehead atoms. The lowest BCUT2D eigenvalue weighted by atomic mass is 10.2. The number of anilines is 1. The molecule has 1 heterocycles. The maximum Gasteiger partial charge on any atom is 0.270 e. The first-order valence-corrected chi connectivity index (χ1v) is 8.23. The molecule has 1 aliphatic rings. The molecule has 0 aromatic carbocycles. The van der Waals surface area contributed by atoms with Crippen molar-refractivity contribution in [2.24, 2.45) is 0 Å². The molecule has 2 rings (SSSR count). The monoisotopic (exact) mass is 324 g/mol. The Labute approximate surface area is 132 Å². The molecule has 1 aliphatic carbocycles. The van der Waals surface area contributed by atoms with Crippen LogP contribution in [0.2, 0.25) is 0 Å². The fraction of sp³-hybridized carbons (Fsp3) is 0.571. The van der Waals surface area contributed by atoms with E-state index in [9.17, 15) is 14.4 Å². The van der Waals surface area contributed by atoms with Crippen molar-refractivity contribution in [3.8, 4) is 0 Å². The van der Waals surface area contributed by atoms with Crippen LogP contribution < -0.4 is 16.0 Å². The lowest BCUT2D eigenvalue weighted by molar-refractivity contribution is -0.121. The molecule has 1 aromatic rings. The third kappa shape index (κ3) is 5.10. The summed E-state index contributed by atoms with van der Waals surface area (Å²) >= 11 is 1.18. The fourth-order valence-electron chi connectivity index (χ4n) is 2.34. The van der Waals surface area contributed by atoms with Crippen molar-refractivity contribution in [3.05, 3.63) is 11.1 Å². The van der Waals surface area contributed by atoms with E-state index in [2.05, 4.69) is 20.9 Å². The van der Waals surface area contributed by atoms with Crippen LogP contribution in [0.1, 0.15) is 49.5 Å². The maximum atomic E-state index is 11.9. The van der Waals surface area contributed by atoms with Crippen LogP contribution in [0, 0.1) is 0 Å². The summed E-state index contributed by atoms with van der Waals surface area (Å²) in [5.41, 5.74) is 0.241. The van der Waals surface area contributed by atoms with Gasteiger partial charge in [0.2, 0.25) is 11.8 Å². The van der Waals surface area contributed by atoms with E-state index < -0.39 is 0 Å². The van der Waals surface area contributed by atoms with Crippen molar-refractivity contribution >= 4 is 34.2 Å². The number of amides is 3. The van der Waals surface area contributed by atoms with Gasteiger partial charge in [-0.25, -0.2) is 4.98 Å². The lowest BCUT2D eigenvalue weighted by Gasteiger charge is -2.11. The average molecular weight is 324 g/mol. The normalized spacial score (nSPS) is 14.6. The zero-order chi connectivity index (χ0) is 15.9. The second-order valence-electron chi connectivity index (χ2n) is 5.27. The van der Waals surface area contributed by atoms with Gasteiger partial charge in [0.25, 0.3) is 5.91 Å². The molecule has 0 spiro atoms. The number of aromatic nitrogens is 1. The van der Waals surface area contributed by atoms with Crippen LogP contribution in [0.25, 0.3) is 0 Å². The summed E-state index contributed by atoms with van der Waals surface area (Å²) in [6.07, 6.45) is 4.68. The van der Waals surface area contributed by atoms with E-state index in [1.54, 1.807) is 5.38 Å². The highest BCUT2D eigenvalue weighted by molar-refractivity contribution is 7.14. The van der Waals surface area contributed by atoms with Crippen LogP contribution >= 0.6 is 11.3 Å². The number of hydrogen-bond donors (Lipinski definition) is 3. The Morgan fingerprint density at radius 3 is 2.73 bits per heavy atom. The SMILES string of the molecule is CC(=O)Nc1nc(C(=O)NCCC(=O)NC2CCCC2)cs1. The summed E-state index contributed by atoms with van der Waals surface area (Å²) < 4.78 is 0. The predicted molar refractivity (Wildman–Crippen MR) is 83.8 cm³/mol. The second kappa shape index (κ2) is 7.88. The Balaban J connectivity index is 1.69. The molecule has 1 fully saturated rings. The highest BCUT2D eigenvalue weighted by atomic mass is 32.1. The second-order valence-corrected chi connectivity index (χ2v) is 6.13. The zero-order valence-electron chi connectivity index (χ0n) is 12.5. The van der Waals surface area contributed by atoms with E-state index >= 15 is 0 Å². The average Bonchev–Trinajstić information content (AvgIpc) is 3.09. The third-order valence-electron chi connectivity index (χ3n) is 3.38. The first kappa shape index (κ1) is 16.4. The van der Waals surface area contributed by atoms with E-state index in [0.717, 1.165) is 12.8 Å². The number of carbonyl (C=O) groups is 3. The van der Waals surface area contributed by atoms with Crippen LogP contribution in [0.5, 0.6) is 0 Å². The Hall–Kier alpha value is -1.96. The summed E-state index contributed by atoms with van der Waals surface area (Å²) in [4.78, 5) is 38.5. The largest absolute Gasteiger partial charge is 0.353 e. The third-order valence-corrected chi connectivity index (χ3v) is 4.14. The van der Waals surface area contributed by atoms with Gasteiger partial charge in [-0.15, -0.1) is 11.3 Å². The molecular formula is C14H20N4O3S. The first-order chi connectivity index (χ1) is 10.5. The topological polar surface area (TPSA) is 100 Å². The van der Waals surface area contributed by atoms with Crippen molar-refractivity contribution in [2.75, 3.05) is 11.9 Å². The highest BCUT2D eigenvalue weighted by Gasteiger charge is 2.17. The highest BCUT2D eigenvalue weighted by Crippen LogP contribution is 2.17. The molecule has 3 amide bonds. The van der Waals surface area contributed by atoms with E-state index in [4.69, 9.17) is 0 Å². The van der Waals surface area contributed by atoms with Crippen LogP contribution in [0.15, 0.2) is 5.38 Å². The van der Waals surface area contributed by atoms with Gasteiger partial charge >= 0.3 is 0 Å². The lowest BCUT2D eigenvalue weighted by Crippen LogP contribution is -2.35. The number of rotatable bonds is 6. The smallest absolute Gasteiger partial charge is 0.270 e. The molecule has 8 heteroatoms. The van der Waals surface area contributed by atoms with Crippen molar-refractivity contribution in [1.29, 1.82) is 0 Å². The molecule has 3 N–H and O–H groups in total. The van der Waals surface area contributed by atoms with Crippen molar-refractivity contribution in [1.82, 2.24) is 15.6 Å². The Morgan fingerprint density at radius 2 is 2.05 bits per heavy atom. The van der Waals surface area contributed by atoms with Crippen molar-refractivity contribution in [3.63, 3.8) is 0 Å². The summed E-state index contributed by atoms with van der Waals surface area (Å²) in [6.45, 7) is 1.65. The number of hydrogen-bond acceptors (Lipinski definition) is 5. The molecule has 0 atom stereocenters. The van der Waals surface area contributed by atoms with E-state index in [1.807, 2.05) is 0 Å².